The number of anilines is 2. The van der Waals surface area contributed by atoms with Crippen molar-refractivity contribution in [3.63, 3.8) is 0 Å². The molecule has 4 aromatic rings. The summed E-state index contributed by atoms with van der Waals surface area (Å²) in [5.74, 6) is 0.499. The zero-order valence-corrected chi connectivity index (χ0v) is 20.4. The van der Waals surface area contributed by atoms with Crippen molar-refractivity contribution in [2.24, 2.45) is 0 Å². The van der Waals surface area contributed by atoms with E-state index < -0.39 is 0 Å². The third kappa shape index (κ3) is 5.92. The van der Waals surface area contributed by atoms with E-state index in [1.807, 2.05) is 43.3 Å². The second kappa shape index (κ2) is 11.2. The molecule has 9 nitrogen and oxygen atoms in total. The Kier molecular flexibility index (Phi) is 7.36. The fourth-order valence-electron chi connectivity index (χ4n) is 3.94. The number of nitrogens with zero attached hydrogens (tertiary/aromatic N) is 4. The van der Waals surface area contributed by atoms with E-state index in [1.165, 1.54) is 12.1 Å². The molecular formula is C27H27FN6O3. The molecular weight excluding hydrogens is 475 g/mol. The van der Waals surface area contributed by atoms with Crippen molar-refractivity contribution in [1.82, 2.24) is 19.9 Å². The largest absolute Gasteiger partial charge is 0.476 e. The Morgan fingerprint density at radius 3 is 2.49 bits per heavy atom. The third-order valence-corrected chi connectivity index (χ3v) is 5.89. The third-order valence-electron chi connectivity index (χ3n) is 5.89. The molecule has 3 heterocycles. The van der Waals surface area contributed by atoms with Gasteiger partial charge >= 0.3 is 6.03 Å². The summed E-state index contributed by atoms with van der Waals surface area (Å²) < 4.78 is 24.2. The number of amides is 2. The van der Waals surface area contributed by atoms with Gasteiger partial charge in [0.05, 0.1) is 31.0 Å². The highest BCUT2D eigenvalue weighted by Gasteiger charge is 2.17. The number of fused-ring (bicyclic) bond motifs is 1. The molecule has 2 aromatic heterocycles. The van der Waals surface area contributed by atoms with Gasteiger partial charge in [0.1, 0.15) is 5.82 Å². The van der Waals surface area contributed by atoms with Gasteiger partial charge < -0.3 is 25.0 Å². The number of carbonyl (C=O) groups excluding carboxylic acids is 1. The van der Waals surface area contributed by atoms with Gasteiger partial charge in [-0.05, 0) is 48.9 Å². The van der Waals surface area contributed by atoms with Crippen LogP contribution in [0.15, 0.2) is 60.7 Å². The maximum Gasteiger partial charge on any atom is 0.321 e. The maximum atomic E-state index is 13.2. The number of aromatic nitrogens is 3. The average Bonchev–Trinajstić information content (AvgIpc) is 2.93. The summed E-state index contributed by atoms with van der Waals surface area (Å²) in [6.45, 7) is 5.02. The molecule has 0 saturated carbocycles. The molecule has 2 aromatic carbocycles. The molecule has 1 aliphatic heterocycles. The van der Waals surface area contributed by atoms with Gasteiger partial charge in [-0.1, -0.05) is 24.3 Å². The second-order valence-electron chi connectivity index (χ2n) is 8.44. The van der Waals surface area contributed by atoms with E-state index in [0.29, 0.717) is 68.0 Å². The molecule has 0 unspecified atom stereocenters. The molecule has 0 radical (unpaired) electrons. The maximum absolute atomic E-state index is 13.2. The Morgan fingerprint density at radius 1 is 1.00 bits per heavy atom. The van der Waals surface area contributed by atoms with Crippen molar-refractivity contribution in [3.05, 3.63) is 72.0 Å². The fourth-order valence-corrected chi connectivity index (χ4v) is 3.94. The molecule has 2 N–H and O–H groups in total. The summed E-state index contributed by atoms with van der Waals surface area (Å²) in [5.41, 5.74) is 4.41. The Bertz CT molecular complexity index is 1380. The Labute approximate surface area is 213 Å². The van der Waals surface area contributed by atoms with E-state index in [2.05, 4.69) is 20.6 Å². The lowest BCUT2D eigenvalue weighted by Crippen LogP contribution is -2.43. The summed E-state index contributed by atoms with van der Waals surface area (Å²) in [7, 11) is 0. The number of benzene rings is 2. The molecule has 1 fully saturated rings. The van der Waals surface area contributed by atoms with Gasteiger partial charge in [0, 0.05) is 30.9 Å². The molecule has 0 spiro atoms. The molecule has 5 rings (SSSR count). The van der Waals surface area contributed by atoms with Crippen LogP contribution in [0.5, 0.6) is 5.88 Å². The van der Waals surface area contributed by atoms with Crippen molar-refractivity contribution in [3.8, 4) is 17.1 Å². The van der Waals surface area contributed by atoms with Gasteiger partial charge in [0.15, 0.2) is 5.52 Å². The number of carbonyl (C=O) groups is 1. The van der Waals surface area contributed by atoms with E-state index in [0.717, 1.165) is 16.8 Å². The van der Waals surface area contributed by atoms with E-state index in [4.69, 9.17) is 14.5 Å². The van der Waals surface area contributed by atoms with Crippen LogP contribution in [0.2, 0.25) is 0 Å². The van der Waals surface area contributed by atoms with Crippen molar-refractivity contribution in [2.45, 2.75) is 13.5 Å². The lowest BCUT2D eigenvalue weighted by atomic mass is 10.1. The standard InChI is InChI=1S/C27H27FN6O3/c1-2-37-25-24-23(32-26(33-25)29-17-18-3-7-20(28)8-4-18)12-11-22(31-24)19-5-9-21(10-6-19)30-27(35)34-13-15-36-16-14-34/h3-12H,2,13-17H2,1H3,(H,30,35)(H,29,32,33). The van der Waals surface area contributed by atoms with Crippen LogP contribution in [-0.2, 0) is 11.3 Å². The number of rotatable bonds is 7. The molecule has 190 valence electrons. The molecule has 0 bridgehead atoms. The number of pyridine rings is 1. The summed E-state index contributed by atoms with van der Waals surface area (Å²) >= 11 is 0. The van der Waals surface area contributed by atoms with Gasteiger partial charge in [-0.3, -0.25) is 0 Å². The summed E-state index contributed by atoms with van der Waals surface area (Å²) in [6, 6.07) is 17.4. The zero-order chi connectivity index (χ0) is 25.6. The van der Waals surface area contributed by atoms with Crippen LogP contribution in [0.3, 0.4) is 0 Å². The average molecular weight is 503 g/mol. The van der Waals surface area contributed by atoms with Crippen molar-refractivity contribution >= 4 is 28.7 Å². The zero-order valence-electron chi connectivity index (χ0n) is 20.4. The highest BCUT2D eigenvalue weighted by atomic mass is 19.1. The normalized spacial score (nSPS) is 13.4. The number of ether oxygens (including phenoxy) is 2. The first-order chi connectivity index (χ1) is 18.1. The Morgan fingerprint density at radius 2 is 1.76 bits per heavy atom. The number of urea groups is 1. The molecule has 10 heteroatoms. The van der Waals surface area contributed by atoms with E-state index in [-0.39, 0.29) is 11.8 Å². The number of hydrogen-bond donors (Lipinski definition) is 2. The number of morpholine rings is 1. The number of hydrogen-bond acceptors (Lipinski definition) is 7. The van der Waals surface area contributed by atoms with E-state index in [1.54, 1.807) is 17.0 Å². The molecule has 0 atom stereocenters. The van der Waals surface area contributed by atoms with Crippen molar-refractivity contribution < 1.29 is 18.7 Å². The predicted octanol–water partition coefficient (Wildman–Crippen LogP) is 4.71. The lowest BCUT2D eigenvalue weighted by Gasteiger charge is -2.26. The van der Waals surface area contributed by atoms with Crippen LogP contribution >= 0.6 is 0 Å². The van der Waals surface area contributed by atoms with Gasteiger partial charge in [0.2, 0.25) is 11.8 Å². The van der Waals surface area contributed by atoms with Crippen molar-refractivity contribution in [2.75, 3.05) is 43.5 Å². The van der Waals surface area contributed by atoms with Crippen molar-refractivity contribution in [1.29, 1.82) is 0 Å². The highest BCUT2D eigenvalue weighted by Crippen LogP contribution is 2.27. The molecule has 37 heavy (non-hydrogen) atoms. The highest BCUT2D eigenvalue weighted by molar-refractivity contribution is 5.90. The minimum atomic E-state index is -0.279. The van der Waals surface area contributed by atoms with Crippen LogP contribution in [0.25, 0.3) is 22.3 Å². The first-order valence-corrected chi connectivity index (χ1v) is 12.1. The van der Waals surface area contributed by atoms with Gasteiger partial charge in [-0.25, -0.2) is 19.2 Å². The molecule has 1 saturated heterocycles. The predicted molar refractivity (Wildman–Crippen MR) is 139 cm³/mol. The van der Waals surface area contributed by atoms with Gasteiger partial charge in [0.25, 0.3) is 0 Å². The topological polar surface area (TPSA) is 102 Å². The summed E-state index contributed by atoms with van der Waals surface area (Å²) in [5, 5.41) is 6.09. The quantitative estimate of drug-likeness (QED) is 0.378. The second-order valence-corrected chi connectivity index (χ2v) is 8.44. The SMILES string of the molecule is CCOc1nc(NCc2ccc(F)cc2)nc2ccc(-c3ccc(NC(=O)N4CCOCC4)cc3)nc12. The van der Waals surface area contributed by atoms with Crippen LogP contribution < -0.4 is 15.4 Å². The Balaban J connectivity index is 1.33. The molecule has 2 amide bonds. The van der Waals surface area contributed by atoms with Crippen LogP contribution in [0, 0.1) is 5.82 Å². The minimum Gasteiger partial charge on any atom is -0.476 e. The van der Waals surface area contributed by atoms with E-state index >= 15 is 0 Å². The van der Waals surface area contributed by atoms with Crippen LogP contribution in [0.1, 0.15) is 12.5 Å². The Hall–Kier alpha value is -4.31. The van der Waals surface area contributed by atoms with Crippen LogP contribution in [-0.4, -0.2) is 58.8 Å². The van der Waals surface area contributed by atoms with Gasteiger partial charge in [-0.2, -0.15) is 4.98 Å². The smallest absolute Gasteiger partial charge is 0.321 e. The molecule has 1 aliphatic rings. The lowest BCUT2D eigenvalue weighted by molar-refractivity contribution is 0.0564. The first kappa shape index (κ1) is 24.4. The fraction of sp³-hybridized carbons (Fsp3) is 0.259. The minimum absolute atomic E-state index is 0.137. The number of halogens is 1. The monoisotopic (exact) mass is 502 g/mol. The summed E-state index contributed by atoms with van der Waals surface area (Å²) in [4.78, 5) is 28.0. The number of nitrogens with one attached hydrogen (secondary N) is 2. The van der Waals surface area contributed by atoms with Crippen LogP contribution in [0.4, 0.5) is 20.8 Å². The summed E-state index contributed by atoms with van der Waals surface area (Å²) in [6.07, 6.45) is 0. The first-order valence-electron chi connectivity index (χ1n) is 12.1. The van der Waals surface area contributed by atoms with Gasteiger partial charge in [-0.15, -0.1) is 0 Å². The molecule has 0 aliphatic carbocycles. The van der Waals surface area contributed by atoms with E-state index in [9.17, 15) is 9.18 Å².